The zero-order chi connectivity index (χ0) is 12.3. The summed E-state index contributed by atoms with van der Waals surface area (Å²) in [5, 5.41) is 4.77. The van der Waals surface area contributed by atoms with Gasteiger partial charge in [0.15, 0.2) is 5.78 Å². The van der Waals surface area contributed by atoms with Crippen LogP contribution < -0.4 is 0 Å². The zero-order valence-electron chi connectivity index (χ0n) is 8.69. The Labute approximate surface area is 113 Å². The second-order valence-electron chi connectivity index (χ2n) is 3.38. The van der Waals surface area contributed by atoms with Crippen molar-refractivity contribution >= 4 is 46.4 Å². The normalized spacial score (nSPS) is 10.9. The summed E-state index contributed by atoms with van der Waals surface area (Å²) in [5.41, 5.74) is 1.55. The second kappa shape index (κ2) is 5.50. The maximum absolute atomic E-state index is 11.8. The molecular weight excluding hydrogens is 275 g/mol. The molecule has 1 aromatic carbocycles. The van der Waals surface area contributed by atoms with Crippen LogP contribution in [-0.4, -0.2) is 5.78 Å². The van der Waals surface area contributed by atoms with Crippen molar-refractivity contribution in [3.63, 3.8) is 0 Å². The number of carbonyl (C=O) groups is 1. The molecule has 86 valence electrons. The number of carbonyl (C=O) groups excluding carboxylic acids is 1. The molecule has 0 saturated carbocycles. The molecule has 0 amide bonds. The summed E-state index contributed by atoms with van der Waals surface area (Å²) < 4.78 is 0. The third-order valence-electron chi connectivity index (χ3n) is 2.17. The van der Waals surface area contributed by atoms with Gasteiger partial charge in [-0.1, -0.05) is 29.3 Å². The van der Waals surface area contributed by atoms with E-state index in [2.05, 4.69) is 0 Å². The highest BCUT2D eigenvalue weighted by molar-refractivity contribution is 7.08. The highest BCUT2D eigenvalue weighted by Crippen LogP contribution is 2.23. The Morgan fingerprint density at radius 3 is 2.65 bits per heavy atom. The van der Waals surface area contributed by atoms with Gasteiger partial charge in [-0.2, -0.15) is 11.3 Å². The first-order chi connectivity index (χ1) is 8.16. The second-order valence-corrected chi connectivity index (χ2v) is 4.98. The van der Waals surface area contributed by atoms with Gasteiger partial charge in [0.25, 0.3) is 0 Å². The lowest BCUT2D eigenvalue weighted by atomic mass is 10.1. The van der Waals surface area contributed by atoms with Crippen molar-refractivity contribution in [2.75, 3.05) is 0 Å². The SMILES string of the molecule is O=C(/C=C/c1ccsc1)c1ccc(Cl)c(Cl)c1. The molecule has 0 N–H and O–H groups in total. The monoisotopic (exact) mass is 282 g/mol. The fraction of sp³-hybridized carbons (Fsp3) is 0. The van der Waals surface area contributed by atoms with Crippen molar-refractivity contribution in [3.8, 4) is 0 Å². The van der Waals surface area contributed by atoms with Crippen molar-refractivity contribution in [1.82, 2.24) is 0 Å². The van der Waals surface area contributed by atoms with Crippen LogP contribution in [0.1, 0.15) is 15.9 Å². The predicted molar refractivity (Wildman–Crippen MR) is 74.1 cm³/mol. The number of benzene rings is 1. The Bertz CT molecular complexity index is 559. The average molecular weight is 283 g/mol. The van der Waals surface area contributed by atoms with Gasteiger partial charge >= 0.3 is 0 Å². The van der Waals surface area contributed by atoms with E-state index in [1.807, 2.05) is 16.8 Å². The van der Waals surface area contributed by atoms with Crippen molar-refractivity contribution in [2.24, 2.45) is 0 Å². The molecule has 0 saturated heterocycles. The van der Waals surface area contributed by atoms with E-state index in [-0.39, 0.29) is 5.78 Å². The largest absolute Gasteiger partial charge is 0.289 e. The molecule has 0 bridgehead atoms. The summed E-state index contributed by atoms with van der Waals surface area (Å²) in [7, 11) is 0. The molecule has 0 aliphatic carbocycles. The van der Waals surface area contributed by atoms with Gasteiger partial charge in [-0.15, -0.1) is 0 Å². The Morgan fingerprint density at radius 1 is 1.18 bits per heavy atom. The van der Waals surface area contributed by atoms with Crippen LogP contribution in [0.25, 0.3) is 6.08 Å². The zero-order valence-corrected chi connectivity index (χ0v) is 11.0. The van der Waals surface area contributed by atoms with Crippen LogP contribution in [-0.2, 0) is 0 Å². The van der Waals surface area contributed by atoms with Gasteiger partial charge in [-0.25, -0.2) is 0 Å². The lowest BCUT2D eigenvalue weighted by Gasteiger charge is -1.98. The molecule has 0 atom stereocenters. The highest BCUT2D eigenvalue weighted by atomic mass is 35.5. The lowest BCUT2D eigenvalue weighted by Crippen LogP contribution is -1.93. The summed E-state index contributed by atoms with van der Waals surface area (Å²) in [6, 6.07) is 6.80. The van der Waals surface area contributed by atoms with Gasteiger partial charge in [0.1, 0.15) is 0 Å². The first-order valence-electron chi connectivity index (χ1n) is 4.86. The topological polar surface area (TPSA) is 17.1 Å². The first-order valence-corrected chi connectivity index (χ1v) is 6.56. The Kier molecular flexibility index (Phi) is 4.00. The van der Waals surface area contributed by atoms with E-state index in [1.54, 1.807) is 35.6 Å². The van der Waals surface area contributed by atoms with Crippen LogP contribution in [0.15, 0.2) is 41.1 Å². The average Bonchev–Trinajstić information content (AvgIpc) is 2.82. The van der Waals surface area contributed by atoms with Gasteiger partial charge in [0, 0.05) is 5.56 Å². The van der Waals surface area contributed by atoms with Crippen LogP contribution in [0.5, 0.6) is 0 Å². The molecule has 1 heterocycles. The van der Waals surface area contributed by atoms with Crippen LogP contribution in [0.4, 0.5) is 0 Å². The van der Waals surface area contributed by atoms with Crippen LogP contribution in [0, 0.1) is 0 Å². The minimum atomic E-state index is -0.0882. The van der Waals surface area contributed by atoms with Crippen molar-refractivity contribution in [3.05, 3.63) is 62.3 Å². The molecule has 1 aromatic heterocycles. The molecule has 0 fully saturated rings. The van der Waals surface area contributed by atoms with E-state index in [0.29, 0.717) is 15.6 Å². The van der Waals surface area contributed by atoms with Gasteiger partial charge in [0.05, 0.1) is 10.0 Å². The number of ketones is 1. The predicted octanol–water partition coefficient (Wildman–Crippen LogP) is 4.95. The fourth-order valence-electron chi connectivity index (χ4n) is 1.29. The highest BCUT2D eigenvalue weighted by Gasteiger charge is 2.04. The third-order valence-corrected chi connectivity index (χ3v) is 3.61. The van der Waals surface area contributed by atoms with E-state index in [9.17, 15) is 4.79 Å². The Morgan fingerprint density at radius 2 is 2.00 bits per heavy atom. The van der Waals surface area contributed by atoms with Crippen LogP contribution >= 0.6 is 34.5 Å². The van der Waals surface area contributed by atoms with Gasteiger partial charge < -0.3 is 0 Å². The number of rotatable bonds is 3. The first kappa shape index (κ1) is 12.4. The van der Waals surface area contributed by atoms with Crippen molar-refractivity contribution in [2.45, 2.75) is 0 Å². The van der Waals surface area contributed by atoms with E-state index in [0.717, 1.165) is 5.56 Å². The maximum atomic E-state index is 11.8. The standard InChI is InChI=1S/C13H8Cl2OS/c14-11-3-2-10(7-12(11)15)13(16)4-1-9-5-6-17-8-9/h1-8H/b4-1+. The quantitative estimate of drug-likeness (QED) is 0.575. The summed E-state index contributed by atoms with van der Waals surface area (Å²) >= 11 is 13.2. The summed E-state index contributed by atoms with van der Waals surface area (Å²) in [6.07, 6.45) is 3.31. The smallest absolute Gasteiger partial charge is 0.185 e. The number of hydrogen-bond acceptors (Lipinski definition) is 2. The molecule has 4 heteroatoms. The van der Waals surface area contributed by atoms with E-state index in [4.69, 9.17) is 23.2 Å². The van der Waals surface area contributed by atoms with Gasteiger partial charge in [-0.3, -0.25) is 4.79 Å². The molecule has 2 aromatic rings. The fourth-order valence-corrected chi connectivity index (χ4v) is 2.21. The summed E-state index contributed by atoms with van der Waals surface area (Å²) in [6.45, 7) is 0. The molecule has 0 unspecified atom stereocenters. The number of halogens is 2. The minimum Gasteiger partial charge on any atom is -0.289 e. The number of hydrogen-bond donors (Lipinski definition) is 0. The van der Waals surface area contributed by atoms with Crippen molar-refractivity contribution < 1.29 is 4.79 Å². The maximum Gasteiger partial charge on any atom is 0.185 e. The van der Waals surface area contributed by atoms with Gasteiger partial charge in [0.2, 0.25) is 0 Å². The third kappa shape index (κ3) is 3.19. The molecule has 0 aliphatic heterocycles. The Balaban J connectivity index is 2.17. The van der Waals surface area contributed by atoms with E-state index < -0.39 is 0 Å². The number of thiophene rings is 1. The van der Waals surface area contributed by atoms with E-state index >= 15 is 0 Å². The molecule has 1 nitrogen and oxygen atoms in total. The molecule has 17 heavy (non-hydrogen) atoms. The molecule has 0 aliphatic rings. The van der Waals surface area contributed by atoms with Crippen molar-refractivity contribution in [1.29, 1.82) is 0 Å². The summed E-state index contributed by atoms with van der Waals surface area (Å²) in [5.74, 6) is -0.0882. The van der Waals surface area contributed by atoms with Crippen LogP contribution in [0.3, 0.4) is 0 Å². The summed E-state index contributed by atoms with van der Waals surface area (Å²) in [4.78, 5) is 11.8. The number of allylic oxidation sites excluding steroid dienone is 1. The molecule has 0 radical (unpaired) electrons. The van der Waals surface area contributed by atoms with Gasteiger partial charge in [-0.05, 0) is 46.7 Å². The molecule has 2 rings (SSSR count). The van der Waals surface area contributed by atoms with E-state index in [1.165, 1.54) is 6.08 Å². The molecular formula is C13H8Cl2OS. The molecule has 0 spiro atoms. The Hall–Kier alpha value is -1.09. The lowest BCUT2D eigenvalue weighted by molar-refractivity contribution is 0.104. The minimum absolute atomic E-state index is 0.0882. The van der Waals surface area contributed by atoms with Crippen LogP contribution in [0.2, 0.25) is 10.0 Å².